The zero-order chi connectivity index (χ0) is 12.1. The van der Waals surface area contributed by atoms with Crippen LogP contribution in [0.5, 0.6) is 0 Å². The first-order valence-electron chi connectivity index (χ1n) is 5.57. The second-order valence-electron chi connectivity index (χ2n) is 3.33. The first-order chi connectivity index (χ1) is 7.77. The van der Waals surface area contributed by atoms with Gasteiger partial charge in [-0.2, -0.15) is 0 Å². The molecule has 90 valence electrons. The quantitative estimate of drug-likeness (QED) is 0.576. The maximum absolute atomic E-state index is 10.0. The molecular formula is C12H20N2O2. The lowest BCUT2D eigenvalue weighted by atomic mass is 10.2. The number of unbranched alkanes of at least 4 members (excludes halogenated alkanes) is 3. The Morgan fingerprint density at radius 3 is 2.69 bits per heavy atom. The Morgan fingerprint density at radius 1 is 1.44 bits per heavy atom. The molecule has 0 radical (unpaired) electrons. The van der Waals surface area contributed by atoms with Crippen molar-refractivity contribution in [2.75, 3.05) is 0 Å². The van der Waals surface area contributed by atoms with Gasteiger partial charge >= 0.3 is 5.97 Å². The molecule has 0 aliphatic carbocycles. The number of carboxylic acid groups (broad SMARTS) is 1. The number of rotatable bonds is 6. The summed E-state index contributed by atoms with van der Waals surface area (Å²) in [6, 6.07) is 0. The van der Waals surface area contributed by atoms with Crippen molar-refractivity contribution >= 4 is 5.97 Å². The molecule has 0 atom stereocenters. The van der Waals surface area contributed by atoms with E-state index in [2.05, 4.69) is 16.9 Å². The molecule has 16 heavy (non-hydrogen) atoms. The van der Waals surface area contributed by atoms with E-state index in [4.69, 9.17) is 5.11 Å². The summed E-state index contributed by atoms with van der Waals surface area (Å²) in [4.78, 5) is 16.5. The van der Waals surface area contributed by atoms with E-state index in [1.165, 1.54) is 19.3 Å². The molecule has 2 N–H and O–H groups in total. The van der Waals surface area contributed by atoms with E-state index in [0.717, 1.165) is 6.42 Å². The average molecular weight is 224 g/mol. The molecule has 1 heterocycles. The molecule has 0 spiro atoms. The third-order valence-corrected chi connectivity index (χ3v) is 1.84. The van der Waals surface area contributed by atoms with Crippen LogP contribution in [0.15, 0.2) is 30.9 Å². The fourth-order valence-electron chi connectivity index (χ4n) is 1.03. The molecule has 0 amide bonds. The molecule has 0 saturated heterocycles. The maximum Gasteiger partial charge on any atom is 0.307 e. The Kier molecular flexibility index (Phi) is 10.4. The second-order valence-corrected chi connectivity index (χ2v) is 3.33. The van der Waals surface area contributed by atoms with Crippen molar-refractivity contribution in [1.29, 1.82) is 0 Å². The summed E-state index contributed by atoms with van der Waals surface area (Å²) < 4.78 is 0. The first-order valence-corrected chi connectivity index (χ1v) is 5.57. The van der Waals surface area contributed by atoms with Crippen molar-refractivity contribution in [3.05, 3.63) is 30.9 Å². The molecule has 0 bridgehead atoms. The number of aromatic nitrogens is 2. The number of allylic oxidation sites excluding steroid dienone is 1. The van der Waals surface area contributed by atoms with Gasteiger partial charge in [-0.1, -0.05) is 31.9 Å². The van der Waals surface area contributed by atoms with Crippen molar-refractivity contribution < 1.29 is 9.90 Å². The van der Waals surface area contributed by atoms with Gasteiger partial charge in [0.15, 0.2) is 0 Å². The van der Waals surface area contributed by atoms with Gasteiger partial charge in [0.1, 0.15) is 0 Å². The molecule has 1 aromatic heterocycles. The number of H-pyrrole nitrogens is 1. The summed E-state index contributed by atoms with van der Waals surface area (Å²) in [6.45, 7) is 2.15. The molecular weight excluding hydrogens is 204 g/mol. The zero-order valence-electron chi connectivity index (χ0n) is 9.72. The van der Waals surface area contributed by atoms with Crippen LogP contribution in [-0.2, 0) is 4.79 Å². The van der Waals surface area contributed by atoms with Gasteiger partial charge in [-0.3, -0.25) is 4.79 Å². The molecule has 1 rings (SSSR count). The number of aliphatic carboxylic acids is 1. The number of imidazole rings is 1. The summed E-state index contributed by atoms with van der Waals surface area (Å²) in [5.74, 6) is -0.753. The SMILES string of the molecule is CCCCCC=CCC(=O)O.c1c[nH]cn1. The summed E-state index contributed by atoms with van der Waals surface area (Å²) in [6.07, 6.45) is 13.5. The smallest absolute Gasteiger partial charge is 0.307 e. The highest BCUT2D eigenvalue weighted by atomic mass is 16.4. The molecule has 0 fully saturated rings. The minimum absolute atomic E-state index is 0.159. The number of nitrogens with one attached hydrogen (secondary N) is 1. The number of carboxylic acids is 1. The first kappa shape index (κ1) is 14.4. The largest absolute Gasteiger partial charge is 0.481 e. The van der Waals surface area contributed by atoms with Crippen LogP contribution < -0.4 is 0 Å². The average Bonchev–Trinajstić information content (AvgIpc) is 2.81. The van der Waals surface area contributed by atoms with E-state index in [-0.39, 0.29) is 6.42 Å². The van der Waals surface area contributed by atoms with E-state index < -0.39 is 5.97 Å². The molecule has 0 aromatic carbocycles. The monoisotopic (exact) mass is 224 g/mol. The zero-order valence-corrected chi connectivity index (χ0v) is 9.72. The van der Waals surface area contributed by atoms with Gasteiger partial charge in [0.2, 0.25) is 0 Å². The van der Waals surface area contributed by atoms with Gasteiger partial charge in [-0.25, -0.2) is 4.98 Å². The predicted octanol–water partition coefficient (Wildman–Crippen LogP) is 3.01. The molecule has 4 heteroatoms. The van der Waals surface area contributed by atoms with E-state index in [0.29, 0.717) is 0 Å². The molecule has 4 nitrogen and oxygen atoms in total. The lowest BCUT2D eigenvalue weighted by Crippen LogP contribution is -1.89. The van der Waals surface area contributed by atoms with Crippen molar-refractivity contribution in [3.8, 4) is 0 Å². The molecule has 0 unspecified atom stereocenters. The van der Waals surface area contributed by atoms with Crippen LogP contribution in [0.4, 0.5) is 0 Å². The summed E-state index contributed by atoms with van der Waals surface area (Å²) in [5, 5.41) is 8.26. The van der Waals surface area contributed by atoms with Crippen LogP contribution >= 0.6 is 0 Å². The summed E-state index contributed by atoms with van der Waals surface area (Å²) in [5.41, 5.74) is 0. The fourth-order valence-corrected chi connectivity index (χ4v) is 1.03. The third-order valence-electron chi connectivity index (χ3n) is 1.84. The third kappa shape index (κ3) is 12.4. The highest BCUT2D eigenvalue weighted by molar-refractivity contribution is 5.68. The van der Waals surface area contributed by atoms with Crippen LogP contribution in [0.1, 0.15) is 39.0 Å². The standard InChI is InChI=1S/C9H16O2.C3H4N2/c1-2-3-4-5-6-7-8-9(10)11;1-2-5-3-4-1/h6-7H,2-5,8H2,1H3,(H,10,11);1-3H,(H,4,5). The van der Waals surface area contributed by atoms with Gasteiger partial charge in [0.05, 0.1) is 12.7 Å². The Labute approximate surface area is 96.4 Å². The highest BCUT2D eigenvalue weighted by Gasteiger charge is 1.88. The number of carbonyl (C=O) groups is 1. The topological polar surface area (TPSA) is 66.0 Å². The number of nitrogens with zero attached hydrogens (tertiary/aromatic N) is 1. The van der Waals surface area contributed by atoms with Crippen LogP contribution in [0.2, 0.25) is 0 Å². The Bertz CT molecular complexity index is 251. The normalized spacial score (nSPS) is 9.81. The van der Waals surface area contributed by atoms with Gasteiger partial charge in [0.25, 0.3) is 0 Å². The van der Waals surface area contributed by atoms with E-state index in [1.807, 2.05) is 6.08 Å². The van der Waals surface area contributed by atoms with Gasteiger partial charge in [0, 0.05) is 12.4 Å². The van der Waals surface area contributed by atoms with E-state index in [9.17, 15) is 4.79 Å². The minimum Gasteiger partial charge on any atom is -0.481 e. The van der Waals surface area contributed by atoms with E-state index in [1.54, 1.807) is 24.8 Å². The number of hydrogen-bond acceptors (Lipinski definition) is 2. The van der Waals surface area contributed by atoms with Crippen LogP contribution in [0.25, 0.3) is 0 Å². The fraction of sp³-hybridized carbons (Fsp3) is 0.500. The van der Waals surface area contributed by atoms with Crippen molar-refractivity contribution in [2.45, 2.75) is 39.0 Å². The molecule has 0 aliphatic heterocycles. The molecule has 0 aliphatic rings. The second kappa shape index (κ2) is 11.5. The maximum atomic E-state index is 10.0. The summed E-state index contributed by atoms with van der Waals surface area (Å²) in [7, 11) is 0. The van der Waals surface area contributed by atoms with Crippen LogP contribution in [0.3, 0.4) is 0 Å². The Hall–Kier alpha value is -1.58. The minimum atomic E-state index is -0.753. The Balaban J connectivity index is 0.000000368. The predicted molar refractivity (Wildman–Crippen MR) is 64.1 cm³/mol. The number of hydrogen-bond donors (Lipinski definition) is 2. The Morgan fingerprint density at radius 2 is 2.25 bits per heavy atom. The summed E-state index contributed by atoms with van der Waals surface area (Å²) >= 11 is 0. The molecule has 1 aromatic rings. The highest BCUT2D eigenvalue weighted by Crippen LogP contribution is 1.99. The van der Waals surface area contributed by atoms with Crippen molar-refractivity contribution in [2.24, 2.45) is 0 Å². The lowest BCUT2D eigenvalue weighted by Gasteiger charge is -1.90. The van der Waals surface area contributed by atoms with Crippen LogP contribution in [0, 0.1) is 0 Å². The van der Waals surface area contributed by atoms with Crippen molar-refractivity contribution in [1.82, 2.24) is 9.97 Å². The molecule has 0 saturated carbocycles. The lowest BCUT2D eigenvalue weighted by molar-refractivity contribution is -0.136. The van der Waals surface area contributed by atoms with Gasteiger partial charge in [-0.05, 0) is 12.8 Å². The van der Waals surface area contributed by atoms with Crippen molar-refractivity contribution in [3.63, 3.8) is 0 Å². The van der Waals surface area contributed by atoms with E-state index >= 15 is 0 Å². The van der Waals surface area contributed by atoms with Gasteiger partial charge in [-0.15, -0.1) is 0 Å². The van der Waals surface area contributed by atoms with Crippen LogP contribution in [-0.4, -0.2) is 21.0 Å². The van der Waals surface area contributed by atoms with Gasteiger partial charge < -0.3 is 10.1 Å². The number of aromatic amines is 1.